The third-order valence-corrected chi connectivity index (χ3v) is 10.2. The molecule has 0 amide bonds. The third-order valence-electron chi connectivity index (χ3n) is 8.73. The van der Waals surface area contributed by atoms with Crippen LogP contribution < -0.4 is 20.9 Å². The fourth-order valence-electron chi connectivity index (χ4n) is 6.04. The number of piperidine rings is 2. The van der Waals surface area contributed by atoms with Gasteiger partial charge in [-0.1, -0.05) is 30.3 Å². The van der Waals surface area contributed by atoms with Crippen LogP contribution in [-0.2, 0) is 4.79 Å². The Bertz CT molecular complexity index is 1440. The van der Waals surface area contributed by atoms with Crippen molar-refractivity contribution in [1.29, 1.82) is 0 Å². The van der Waals surface area contributed by atoms with Crippen molar-refractivity contribution in [3.05, 3.63) is 41.9 Å². The Balaban J connectivity index is 1.09. The van der Waals surface area contributed by atoms with Crippen LogP contribution in [0.15, 0.2) is 46.8 Å². The molecule has 0 unspecified atom stereocenters. The highest BCUT2D eigenvalue weighted by molar-refractivity contribution is 7.99. The number of halogens is 2. The molecule has 0 bridgehead atoms. The summed E-state index contributed by atoms with van der Waals surface area (Å²) in [6, 6.07) is 3.40. The molecule has 3 aromatic heterocycles. The van der Waals surface area contributed by atoms with Crippen LogP contribution in [0.25, 0.3) is 0 Å². The van der Waals surface area contributed by atoms with Crippen LogP contribution in [0.4, 0.5) is 27.8 Å². The molecule has 3 aromatic rings. The van der Waals surface area contributed by atoms with Gasteiger partial charge >= 0.3 is 0 Å². The summed E-state index contributed by atoms with van der Waals surface area (Å²) < 4.78 is 14.0. The zero-order valence-corrected chi connectivity index (χ0v) is 24.7. The van der Waals surface area contributed by atoms with Gasteiger partial charge in [-0.25, -0.2) is 24.3 Å². The van der Waals surface area contributed by atoms with E-state index in [0.717, 1.165) is 36.6 Å². The Morgan fingerprint density at radius 2 is 1.90 bits per heavy atom. The summed E-state index contributed by atoms with van der Waals surface area (Å²) in [6.45, 7) is 4.02. The average molecular weight is 614 g/mol. The molecule has 1 aliphatic carbocycles. The number of anilines is 4. The zero-order valence-electron chi connectivity index (χ0n) is 23.2. The van der Waals surface area contributed by atoms with E-state index >= 15 is 0 Å². The molecule has 2 saturated heterocycles. The van der Waals surface area contributed by atoms with E-state index in [1.807, 2.05) is 6.92 Å². The molecule has 0 aromatic carbocycles. The number of pyridine rings is 1. The predicted molar refractivity (Wildman–Crippen MR) is 159 cm³/mol. The van der Waals surface area contributed by atoms with Crippen LogP contribution in [0.1, 0.15) is 32.6 Å². The third kappa shape index (κ3) is 5.75. The molecule has 3 aliphatic rings. The van der Waals surface area contributed by atoms with Crippen molar-refractivity contribution in [2.45, 2.75) is 60.8 Å². The first-order chi connectivity index (χ1) is 20.2. The summed E-state index contributed by atoms with van der Waals surface area (Å²) in [6.07, 6.45) is 7.04. The van der Waals surface area contributed by atoms with Gasteiger partial charge in [-0.2, -0.15) is 4.98 Å². The molecule has 1 spiro atoms. The van der Waals surface area contributed by atoms with E-state index in [9.17, 15) is 14.3 Å². The minimum absolute atomic E-state index is 0.0303. The lowest BCUT2D eigenvalue weighted by Crippen LogP contribution is -2.48. The Labute approximate surface area is 252 Å². The Morgan fingerprint density at radius 1 is 1.12 bits per heavy atom. The lowest BCUT2D eigenvalue weighted by molar-refractivity contribution is -0.120. The number of carbonyl (C=O) groups is 1. The molecule has 42 heavy (non-hydrogen) atoms. The number of ketones is 1. The summed E-state index contributed by atoms with van der Waals surface area (Å²) in [4.78, 5) is 39.3. The van der Waals surface area contributed by atoms with Gasteiger partial charge in [0.15, 0.2) is 5.82 Å². The second-order valence-electron chi connectivity index (χ2n) is 11.3. The highest BCUT2D eigenvalue weighted by Crippen LogP contribution is 2.46. The van der Waals surface area contributed by atoms with E-state index in [0.29, 0.717) is 47.0 Å². The van der Waals surface area contributed by atoms with Gasteiger partial charge < -0.3 is 26.0 Å². The molecule has 14 heteroatoms. The molecule has 6 rings (SSSR count). The molecule has 1 saturated carbocycles. The molecule has 5 heterocycles. The SMILES string of the molecule is C[C@@H]1C(=O)CC2(CCN(c3cnc(Sc4ccnc(Nc5ccnc(N6CC[C@H](O)[C@@H](F)C6)n5)c4Cl)cn3)CC2)[C@H]1N. The number of aliphatic hydroxyl groups is 1. The largest absolute Gasteiger partial charge is 0.390 e. The highest BCUT2D eigenvalue weighted by atomic mass is 35.5. The smallest absolute Gasteiger partial charge is 0.227 e. The molecule has 222 valence electrons. The number of Topliss-reactive ketones (excluding diaryl/α,β-unsaturated/α-hetero) is 1. The lowest BCUT2D eigenvalue weighted by Gasteiger charge is -2.42. The maximum absolute atomic E-state index is 14.0. The van der Waals surface area contributed by atoms with Crippen molar-refractivity contribution in [2.24, 2.45) is 17.1 Å². The van der Waals surface area contributed by atoms with Crippen molar-refractivity contribution in [2.75, 3.05) is 41.3 Å². The number of hydrogen-bond donors (Lipinski definition) is 3. The molecule has 2 aliphatic heterocycles. The highest BCUT2D eigenvalue weighted by Gasteiger charge is 2.50. The first kappa shape index (κ1) is 29.0. The van der Waals surface area contributed by atoms with E-state index in [-0.39, 0.29) is 29.7 Å². The van der Waals surface area contributed by atoms with Gasteiger partial charge in [0.25, 0.3) is 0 Å². The summed E-state index contributed by atoms with van der Waals surface area (Å²) >= 11 is 8.08. The molecular weight excluding hydrogens is 581 g/mol. The summed E-state index contributed by atoms with van der Waals surface area (Å²) in [5.74, 6) is 2.25. The van der Waals surface area contributed by atoms with E-state index in [1.54, 1.807) is 41.8 Å². The van der Waals surface area contributed by atoms with Crippen LogP contribution in [0.3, 0.4) is 0 Å². The normalized spacial score (nSPS) is 25.7. The van der Waals surface area contributed by atoms with Crippen molar-refractivity contribution in [3.63, 3.8) is 0 Å². The number of nitrogens with one attached hydrogen (secondary N) is 1. The first-order valence-corrected chi connectivity index (χ1v) is 15.3. The molecular formula is C28H33ClFN9O2S. The number of aliphatic hydroxyl groups excluding tert-OH is 1. The Morgan fingerprint density at radius 3 is 2.60 bits per heavy atom. The number of nitrogens with zero attached hydrogens (tertiary/aromatic N) is 7. The topological polar surface area (TPSA) is 146 Å². The maximum Gasteiger partial charge on any atom is 0.227 e. The number of carbonyl (C=O) groups excluding carboxylic acids is 1. The second kappa shape index (κ2) is 11.9. The van der Waals surface area contributed by atoms with E-state index in [1.165, 1.54) is 11.8 Å². The number of alkyl halides is 1. The van der Waals surface area contributed by atoms with E-state index in [2.05, 4.69) is 35.1 Å². The zero-order chi connectivity index (χ0) is 29.4. The van der Waals surface area contributed by atoms with Gasteiger partial charge in [0.05, 0.1) is 30.1 Å². The van der Waals surface area contributed by atoms with Gasteiger partial charge in [0, 0.05) is 55.3 Å². The Kier molecular flexibility index (Phi) is 8.18. The predicted octanol–water partition coefficient (Wildman–Crippen LogP) is 3.64. The minimum Gasteiger partial charge on any atom is -0.390 e. The number of hydrogen-bond acceptors (Lipinski definition) is 12. The second-order valence-corrected chi connectivity index (χ2v) is 12.7. The van der Waals surface area contributed by atoms with Crippen LogP contribution in [0.2, 0.25) is 5.02 Å². The summed E-state index contributed by atoms with van der Waals surface area (Å²) in [7, 11) is 0. The summed E-state index contributed by atoms with van der Waals surface area (Å²) in [5, 5.41) is 13.9. The average Bonchev–Trinajstić information content (AvgIpc) is 3.20. The lowest BCUT2D eigenvalue weighted by atomic mass is 9.73. The van der Waals surface area contributed by atoms with Gasteiger partial charge in [-0.15, -0.1) is 0 Å². The van der Waals surface area contributed by atoms with E-state index in [4.69, 9.17) is 17.3 Å². The quantitative estimate of drug-likeness (QED) is 0.373. The van der Waals surface area contributed by atoms with Crippen molar-refractivity contribution in [3.8, 4) is 0 Å². The van der Waals surface area contributed by atoms with Crippen molar-refractivity contribution < 1.29 is 14.3 Å². The standard InChI is InChI=1S/C28H33ClFN9O2S/c1-16-19(41)12-28(25(16)31)5-10-38(11-6-28)22-13-35-23(14-34-22)42-20-2-7-32-26(24(20)29)36-21-3-8-33-27(37-21)39-9-4-18(40)17(30)15-39/h2-3,7-8,13-14,16-18,25,40H,4-6,9-12,15,31H2,1H3,(H,32,33,36,37)/t16-,17+,18+,25+/m1/s1. The number of nitrogens with two attached hydrogens (primary N) is 1. The molecule has 4 N–H and O–H groups in total. The Hall–Kier alpha value is -3.13. The minimum atomic E-state index is -1.35. The number of rotatable bonds is 6. The van der Waals surface area contributed by atoms with Crippen molar-refractivity contribution >= 4 is 52.5 Å². The van der Waals surface area contributed by atoms with Crippen LogP contribution in [0.5, 0.6) is 0 Å². The van der Waals surface area contributed by atoms with E-state index < -0.39 is 12.3 Å². The molecule has 11 nitrogen and oxygen atoms in total. The molecule has 3 fully saturated rings. The van der Waals surface area contributed by atoms with Crippen LogP contribution >= 0.6 is 23.4 Å². The molecule has 4 atom stereocenters. The fourth-order valence-corrected chi connectivity index (χ4v) is 7.07. The summed E-state index contributed by atoms with van der Waals surface area (Å²) in [5.41, 5.74) is 6.35. The van der Waals surface area contributed by atoms with Gasteiger partial charge in [-0.3, -0.25) is 4.79 Å². The van der Waals surface area contributed by atoms with Gasteiger partial charge in [0.2, 0.25) is 5.95 Å². The van der Waals surface area contributed by atoms with Gasteiger partial charge in [-0.05, 0) is 36.8 Å². The monoisotopic (exact) mass is 613 g/mol. The van der Waals surface area contributed by atoms with Crippen LogP contribution in [0, 0.1) is 11.3 Å². The fraction of sp³-hybridized carbons (Fsp3) is 0.500. The van der Waals surface area contributed by atoms with Crippen molar-refractivity contribution in [1.82, 2.24) is 24.9 Å². The number of aromatic nitrogens is 5. The van der Waals surface area contributed by atoms with Crippen LogP contribution in [-0.4, -0.2) is 80.3 Å². The first-order valence-electron chi connectivity index (χ1n) is 14.1. The maximum atomic E-state index is 14.0. The molecule has 0 radical (unpaired) electrons. The van der Waals surface area contributed by atoms with Gasteiger partial charge in [0.1, 0.15) is 28.6 Å².